The summed E-state index contributed by atoms with van der Waals surface area (Å²) in [5.41, 5.74) is 4.95. The molecule has 2 heteroatoms. The van der Waals surface area contributed by atoms with Crippen molar-refractivity contribution in [3.8, 4) is 0 Å². The predicted molar refractivity (Wildman–Crippen MR) is 72.2 cm³/mol. The van der Waals surface area contributed by atoms with Crippen LogP contribution < -0.4 is 0 Å². The van der Waals surface area contributed by atoms with Crippen LogP contribution in [0.4, 0.5) is 0 Å². The minimum absolute atomic E-state index is 0.193. The first kappa shape index (κ1) is 12.4. The molecule has 2 nitrogen and oxygen atoms in total. The molecule has 0 radical (unpaired) electrons. The highest BCUT2D eigenvalue weighted by molar-refractivity contribution is 5.45. The minimum Gasteiger partial charge on any atom is -0.350 e. The van der Waals surface area contributed by atoms with Crippen molar-refractivity contribution in [3.05, 3.63) is 22.8 Å². The Hall–Kier alpha value is -0.600. The lowest BCUT2D eigenvalue weighted by Gasteiger charge is -2.46. The zero-order chi connectivity index (χ0) is 13.0. The number of hydrogen-bond acceptors (Lipinski definition) is 2. The summed E-state index contributed by atoms with van der Waals surface area (Å²) in [6, 6.07) is 0. The zero-order valence-electron chi connectivity index (χ0n) is 12.0. The van der Waals surface area contributed by atoms with E-state index >= 15 is 0 Å². The molecule has 0 amide bonds. The van der Waals surface area contributed by atoms with E-state index < -0.39 is 5.79 Å². The smallest absolute Gasteiger partial charge is 0.162 e. The average molecular weight is 248 g/mol. The SMILES string of the molecule is CC1=C2C(=CC[C@@H]2C)CC2(COC(C)(C)OC2)C1. The second-order valence-electron chi connectivity index (χ2n) is 6.89. The van der Waals surface area contributed by atoms with Crippen molar-refractivity contribution < 1.29 is 9.47 Å². The Balaban J connectivity index is 1.85. The normalized spacial score (nSPS) is 33.6. The Morgan fingerprint density at radius 3 is 2.50 bits per heavy atom. The monoisotopic (exact) mass is 248 g/mol. The number of fused-ring (bicyclic) bond motifs is 1. The van der Waals surface area contributed by atoms with Gasteiger partial charge in [0.25, 0.3) is 0 Å². The fourth-order valence-electron chi connectivity index (χ4n) is 3.79. The summed E-state index contributed by atoms with van der Waals surface area (Å²) in [7, 11) is 0. The van der Waals surface area contributed by atoms with Gasteiger partial charge in [-0.25, -0.2) is 0 Å². The van der Waals surface area contributed by atoms with E-state index in [2.05, 4.69) is 19.9 Å². The second kappa shape index (κ2) is 3.94. The van der Waals surface area contributed by atoms with Gasteiger partial charge in [-0.3, -0.25) is 0 Å². The first-order chi connectivity index (χ1) is 8.41. The van der Waals surface area contributed by atoms with Gasteiger partial charge in [0.2, 0.25) is 0 Å². The molecule has 1 spiro atoms. The predicted octanol–water partition coefficient (Wildman–Crippen LogP) is 3.83. The van der Waals surface area contributed by atoms with E-state index in [4.69, 9.17) is 9.47 Å². The Kier molecular flexibility index (Phi) is 2.73. The summed E-state index contributed by atoms with van der Waals surface area (Å²) in [4.78, 5) is 0. The van der Waals surface area contributed by atoms with Crippen LogP contribution in [0.5, 0.6) is 0 Å². The molecule has 1 aliphatic heterocycles. The molecule has 1 heterocycles. The van der Waals surface area contributed by atoms with E-state index in [0.29, 0.717) is 0 Å². The number of ether oxygens (including phenoxy) is 2. The van der Waals surface area contributed by atoms with Gasteiger partial charge in [0.1, 0.15) is 0 Å². The van der Waals surface area contributed by atoms with Crippen molar-refractivity contribution in [2.45, 2.75) is 52.7 Å². The van der Waals surface area contributed by atoms with Gasteiger partial charge in [-0.1, -0.05) is 18.6 Å². The minimum atomic E-state index is -0.402. The molecular weight excluding hydrogens is 224 g/mol. The number of allylic oxidation sites excluding steroid dienone is 4. The Morgan fingerprint density at radius 1 is 1.17 bits per heavy atom. The topological polar surface area (TPSA) is 18.5 Å². The lowest BCUT2D eigenvalue weighted by molar-refractivity contribution is -0.285. The van der Waals surface area contributed by atoms with Gasteiger partial charge in [-0.05, 0) is 57.1 Å². The molecule has 0 aromatic heterocycles. The zero-order valence-corrected chi connectivity index (χ0v) is 12.0. The van der Waals surface area contributed by atoms with Crippen molar-refractivity contribution >= 4 is 0 Å². The molecule has 0 N–H and O–H groups in total. The van der Waals surface area contributed by atoms with E-state index in [1.165, 1.54) is 6.42 Å². The fourth-order valence-corrected chi connectivity index (χ4v) is 3.79. The third-order valence-corrected chi connectivity index (χ3v) is 4.67. The molecule has 2 aliphatic carbocycles. The van der Waals surface area contributed by atoms with Gasteiger partial charge >= 0.3 is 0 Å². The molecule has 1 fully saturated rings. The van der Waals surface area contributed by atoms with Crippen LogP contribution in [0, 0.1) is 11.3 Å². The summed E-state index contributed by atoms with van der Waals surface area (Å²) >= 11 is 0. The van der Waals surface area contributed by atoms with Crippen molar-refractivity contribution in [3.63, 3.8) is 0 Å². The molecule has 1 atom stereocenters. The Labute approximate surface area is 110 Å². The van der Waals surface area contributed by atoms with Crippen LogP contribution in [0.3, 0.4) is 0 Å². The molecule has 18 heavy (non-hydrogen) atoms. The van der Waals surface area contributed by atoms with Crippen molar-refractivity contribution in [2.75, 3.05) is 13.2 Å². The summed E-state index contributed by atoms with van der Waals surface area (Å²) in [6.07, 6.45) is 5.93. The second-order valence-corrected chi connectivity index (χ2v) is 6.89. The van der Waals surface area contributed by atoms with Crippen LogP contribution in [0.1, 0.15) is 47.0 Å². The molecule has 0 aromatic carbocycles. The van der Waals surface area contributed by atoms with Crippen LogP contribution in [-0.2, 0) is 9.47 Å². The molecule has 3 rings (SSSR count). The highest BCUT2D eigenvalue weighted by atomic mass is 16.7. The molecule has 0 aromatic rings. The third-order valence-electron chi connectivity index (χ3n) is 4.67. The standard InChI is InChI=1S/C16H24O2/c1-11-5-6-13-8-16(7-12(2)14(11)13)9-17-15(3,4)18-10-16/h6,11H,5,7-10H2,1-4H3/t11-/m0/s1. The van der Waals surface area contributed by atoms with Gasteiger partial charge in [0.15, 0.2) is 5.79 Å². The number of rotatable bonds is 0. The number of hydrogen-bond donors (Lipinski definition) is 0. The van der Waals surface area contributed by atoms with E-state index in [0.717, 1.165) is 32.0 Å². The molecule has 0 unspecified atom stereocenters. The van der Waals surface area contributed by atoms with Crippen molar-refractivity contribution in [1.29, 1.82) is 0 Å². The maximum absolute atomic E-state index is 5.91. The molecule has 0 saturated carbocycles. The largest absolute Gasteiger partial charge is 0.350 e. The van der Waals surface area contributed by atoms with Crippen LogP contribution in [0.15, 0.2) is 22.8 Å². The van der Waals surface area contributed by atoms with Gasteiger partial charge in [0.05, 0.1) is 13.2 Å². The van der Waals surface area contributed by atoms with E-state index in [1.807, 2.05) is 13.8 Å². The lowest BCUT2D eigenvalue weighted by atomic mass is 9.69. The van der Waals surface area contributed by atoms with Crippen LogP contribution >= 0.6 is 0 Å². The van der Waals surface area contributed by atoms with E-state index in [1.54, 1.807) is 16.7 Å². The van der Waals surface area contributed by atoms with Gasteiger partial charge in [0, 0.05) is 5.41 Å². The average Bonchev–Trinajstić information content (AvgIpc) is 2.66. The van der Waals surface area contributed by atoms with Crippen molar-refractivity contribution in [1.82, 2.24) is 0 Å². The quantitative estimate of drug-likeness (QED) is 0.648. The highest BCUT2D eigenvalue weighted by Crippen LogP contribution is 2.50. The van der Waals surface area contributed by atoms with Gasteiger partial charge in [-0.15, -0.1) is 0 Å². The fraction of sp³-hybridized carbons (Fsp3) is 0.750. The summed E-state index contributed by atoms with van der Waals surface area (Å²) in [5, 5.41) is 0. The van der Waals surface area contributed by atoms with Gasteiger partial charge in [-0.2, -0.15) is 0 Å². The molecular formula is C16H24O2. The van der Waals surface area contributed by atoms with Crippen LogP contribution in [0.2, 0.25) is 0 Å². The van der Waals surface area contributed by atoms with Gasteiger partial charge < -0.3 is 9.47 Å². The lowest BCUT2D eigenvalue weighted by Crippen LogP contribution is -2.47. The Morgan fingerprint density at radius 2 is 1.83 bits per heavy atom. The Bertz CT molecular complexity index is 418. The molecule has 1 saturated heterocycles. The summed E-state index contributed by atoms with van der Waals surface area (Å²) in [6.45, 7) is 10.3. The van der Waals surface area contributed by atoms with Crippen molar-refractivity contribution in [2.24, 2.45) is 11.3 Å². The van der Waals surface area contributed by atoms with E-state index in [-0.39, 0.29) is 5.41 Å². The first-order valence-electron chi connectivity index (χ1n) is 7.08. The maximum atomic E-state index is 5.91. The third kappa shape index (κ3) is 1.96. The molecule has 0 bridgehead atoms. The first-order valence-corrected chi connectivity index (χ1v) is 7.08. The van der Waals surface area contributed by atoms with Crippen LogP contribution in [-0.4, -0.2) is 19.0 Å². The molecule has 100 valence electrons. The van der Waals surface area contributed by atoms with Crippen LogP contribution in [0.25, 0.3) is 0 Å². The molecule has 3 aliphatic rings. The van der Waals surface area contributed by atoms with E-state index in [9.17, 15) is 0 Å². The maximum Gasteiger partial charge on any atom is 0.162 e. The summed E-state index contributed by atoms with van der Waals surface area (Å²) in [5.74, 6) is 0.319. The summed E-state index contributed by atoms with van der Waals surface area (Å²) < 4.78 is 11.8. The highest BCUT2D eigenvalue weighted by Gasteiger charge is 2.44.